The Bertz CT molecular complexity index is 584. The molecule has 3 nitrogen and oxygen atoms in total. The van der Waals surface area contributed by atoms with Crippen LogP contribution in [0.3, 0.4) is 0 Å². The van der Waals surface area contributed by atoms with Gasteiger partial charge in [-0.05, 0) is 23.3 Å². The van der Waals surface area contributed by atoms with E-state index in [4.69, 9.17) is 16.7 Å². The number of hydrogen-bond donors (Lipinski definition) is 2. The van der Waals surface area contributed by atoms with Gasteiger partial charge in [0.1, 0.15) is 0 Å². The van der Waals surface area contributed by atoms with E-state index in [1.807, 2.05) is 36.4 Å². The highest BCUT2D eigenvalue weighted by molar-refractivity contribution is 6.31. The van der Waals surface area contributed by atoms with Crippen molar-refractivity contribution >= 4 is 17.6 Å². The lowest BCUT2D eigenvalue weighted by Gasteiger charge is -2.08. The third-order valence-electron chi connectivity index (χ3n) is 2.84. The Morgan fingerprint density at radius 2 is 1.58 bits per heavy atom. The van der Waals surface area contributed by atoms with Gasteiger partial charge in [0.2, 0.25) is 0 Å². The van der Waals surface area contributed by atoms with Crippen LogP contribution in [-0.4, -0.2) is 11.1 Å². The average Bonchev–Trinajstić information content (AvgIpc) is 2.41. The van der Waals surface area contributed by atoms with Gasteiger partial charge in [0.15, 0.2) is 0 Å². The minimum absolute atomic E-state index is 0.328. The van der Waals surface area contributed by atoms with E-state index in [1.54, 1.807) is 12.1 Å². The smallest absolute Gasteiger partial charge is 0.336 e. The van der Waals surface area contributed by atoms with Gasteiger partial charge < -0.3 is 10.4 Å². The zero-order valence-corrected chi connectivity index (χ0v) is 11.0. The Labute approximate surface area is 116 Å². The van der Waals surface area contributed by atoms with E-state index in [-0.39, 0.29) is 0 Å². The Morgan fingerprint density at radius 3 is 2.26 bits per heavy atom. The van der Waals surface area contributed by atoms with Crippen LogP contribution in [0.2, 0.25) is 5.02 Å². The van der Waals surface area contributed by atoms with Crippen molar-refractivity contribution in [2.45, 2.75) is 13.1 Å². The van der Waals surface area contributed by atoms with E-state index < -0.39 is 5.97 Å². The van der Waals surface area contributed by atoms with Crippen LogP contribution in [0.25, 0.3) is 0 Å². The lowest BCUT2D eigenvalue weighted by atomic mass is 10.1. The first-order valence-electron chi connectivity index (χ1n) is 5.94. The number of aromatic carboxylic acids is 1. The summed E-state index contributed by atoms with van der Waals surface area (Å²) >= 11 is 6.05. The number of carbonyl (C=O) groups is 1. The number of carboxylic acid groups (broad SMARTS) is 1. The molecule has 0 fully saturated rings. The van der Waals surface area contributed by atoms with Gasteiger partial charge in [-0.25, -0.2) is 4.79 Å². The number of carboxylic acids is 1. The monoisotopic (exact) mass is 275 g/mol. The summed E-state index contributed by atoms with van der Waals surface area (Å²) in [4.78, 5) is 11.1. The number of nitrogens with one attached hydrogen (secondary N) is 1. The van der Waals surface area contributed by atoms with Crippen LogP contribution in [0, 0.1) is 0 Å². The maximum Gasteiger partial charge on any atom is 0.336 e. The SMILES string of the molecule is O=C(O)c1ccccc1CNCc1ccccc1Cl. The quantitative estimate of drug-likeness (QED) is 0.880. The van der Waals surface area contributed by atoms with Crippen molar-refractivity contribution in [1.29, 1.82) is 0 Å². The molecular weight excluding hydrogens is 262 g/mol. The van der Waals surface area contributed by atoms with Crippen molar-refractivity contribution in [3.8, 4) is 0 Å². The molecule has 2 aromatic carbocycles. The molecule has 0 saturated carbocycles. The molecule has 0 atom stereocenters. The summed E-state index contributed by atoms with van der Waals surface area (Å²) in [7, 11) is 0. The molecule has 0 spiro atoms. The van der Waals surface area contributed by atoms with E-state index >= 15 is 0 Å². The van der Waals surface area contributed by atoms with Gasteiger partial charge >= 0.3 is 5.97 Å². The molecule has 0 amide bonds. The Kier molecular flexibility index (Phi) is 4.55. The molecule has 0 aromatic heterocycles. The number of rotatable bonds is 5. The first kappa shape index (κ1) is 13.6. The molecule has 4 heteroatoms. The largest absolute Gasteiger partial charge is 0.478 e. The van der Waals surface area contributed by atoms with Crippen LogP contribution >= 0.6 is 11.6 Å². The van der Waals surface area contributed by atoms with Crippen LogP contribution in [0.5, 0.6) is 0 Å². The van der Waals surface area contributed by atoms with Gasteiger partial charge in [-0.2, -0.15) is 0 Å². The topological polar surface area (TPSA) is 49.3 Å². The molecule has 98 valence electrons. The highest BCUT2D eigenvalue weighted by atomic mass is 35.5. The van der Waals surface area contributed by atoms with Crippen molar-refractivity contribution in [2.75, 3.05) is 0 Å². The van der Waals surface area contributed by atoms with E-state index in [1.165, 1.54) is 0 Å². The summed E-state index contributed by atoms with van der Waals surface area (Å²) in [6.45, 7) is 1.10. The highest BCUT2D eigenvalue weighted by Gasteiger charge is 2.08. The highest BCUT2D eigenvalue weighted by Crippen LogP contribution is 2.15. The van der Waals surface area contributed by atoms with Crippen molar-refractivity contribution in [1.82, 2.24) is 5.32 Å². The molecule has 0 aliphatic heterocycles. The van der Waals surface area contributed by atoms with Crippen LogP contribution in [0.1, 0.15) is 21.5 Å². The fourth-order valence-corrected chi connectivity index (χ4v) is 2.06. The molecule has 19 heavy (non-hydrogen) atoms. The third kappa shape index (κ3) is 3.56. The van der Waals surface area contributed by atoms with Crippen molar-refractivity contribution < 1.29 is 9.90 Å². The number of hydrogen-bond acceptors (Lipinski definition) is 2. The normalized spacial score (nSPS) is 10.4. The molecule has 0 heterocycles. The van der Waals surface area contributed by atoms with Crippen LogP contribution in [0.15, 0.2) is 48.5 Å². The van der Waals surface area contributed by atoms with Crippen LogP contribution in [0.4, 0.5) is 0 Å². The molecule has 2 rings (SSSR count). The van der Waals surface area contributed by atoms with E-state index in [0.29, 0.717) is 23.7 Å². The van der Waals surface area contributed by atoms with Gasteiger partial charge in [-0.15, -0.1) is 0 Å². The van der Waals surface area contributed by atoms with E-state index in [9.17, 15) is 4.79 Å². The Morgan fingerprint density at radius 1 is 1.00 bits per heavy atom. The molecule has 0 bridgehead atoms. The van der Waals surface area contributed by atoms with Crippen LogP contribution < -0.4 is 5.32 Å². The van der Waals surface area contributed by atoms with Crippen molar-refractivity contribution in [2.24, 2.45) is 0 Å². The zero-order valence-electron chi connectivity index (χ0n) is 10.3. The first-order chi connectivity index (χ1) is 9.18. The van der Waals surface area contributed by atoms with Gasteiger partial charge in [-0.1, -0.05) is 48.0 Å². The fraction of sp³-hybridized carbons (Fsp3) is 0.133. The zero-order chi connectivity index (χ0) is 13.7. The molecular formula is C15H14ClNO2. The second-order valence-electron chi connectivity index (χ2n) is 4.16. The minimum Gasteiger partial charge on any atom is -0.478 e. The Hall–Kier alpha value is -1.84. The molecule has 0 aliphatic rings. The standard InChI is InChI=1S/C15H14ClNO2/c16-14-8-4-2-6-12(14)10-17-9-11-5-1-3-7-13(11)15(18)19/h1-8,17H,9-10H2,(H,18,19). The molecule has 0 unspecified atom stereocenters. The van der Waals surface area contributed by atoms with E-state index in [0.717, 1.165) is 11.1 Å². The summed E-state index contributed by atoms with van der Waals surface area (Å²) < 4.78 is 0. The second-order valence-corrected chi connectivity index (χ2v) is 4.56. The summed E-state index contributed by atoms with van der Waals surface area (Å²) in [5.74, 6) is -0.907. The fourth-order valence-electron chi connectivity index (χ4n) is 1.86. The molecule has 2 N–H and O–H groups in total. The molecule has 0 aliphatic carbocycles. The predicted octanol–water partition coefficient (Wildman–Crippen LogP) is 3.33. The summed E-state index contributed by atoms with van der Waals surface area (Å²) in [5.41, 5.74) is 2.09. The number of benzene rings is 2. The molecule has 0 saturated heterocycles. The Balaban J connectivity index is 2.00. The van der Waals surface area contributed by atoms with Gasteiger partial charge in [0, 0.05) is 18.1 Å². The van der Waals surface area contributed by atoms with Gasteiger partial charge in [-0.3, -0.25) is 0 Å². The van der Waals surface area contributed by atoms with Crippen molar-refractivity contribution in [3.63, 3.8) is 0 Å². The second kappa shape index (κ2) is 6.36. The maximum atomic E-state index is 11.1. The van der Waals surface area contributed by atoms with Crippen molar-refractivity contribution in [3.05, 3.63) is 70.2 Å². The number of halogens is 1. The lowest BCUT2D eigenvalue weighted by molar-refractivity contribution is 0.0695. The molecule has 2 aromatic rings. The summed E-state index contributed by atoms with van der Waals surface area (Å²) in [5, 5.41) is 13.0. The van der Waals surface area contributed by atoms with Crippen LogP contribution in [-0.2, 0) is 13.1 Å². The predicted molar refractivity (Wildman–Crippen MR) is 75.4 cm³/mol. The van der Waals surface area contributed by atoms with Gasteiger partial charge in [0.25, 0.3) is 0 Å². The summed E-state index contributed by atoms with van der Waals surface area (Å²) in [6.07, 6.45) is 0. The average molecular weight is 276 g/mol. The first-order valence-corrected chi connectivity index (χ1v) is 6.31. The van der Waals surface area contributed by atoms with Gasteiger partial charge in [0.05, 0.1) is 5.56 Å². The lowest BCUT2D eigenvalue weighted by Crippen LogP contribution is -2.15. The third-order valence-corrected chi connectivity index (χ3v) is 3.21. The minimum atomic E-state index is -0.907. The molecule has 0 radical (unpaired) electrons. The summed E-state index contributed by atoms with van der Waals surface area (Å²) in [6, 6.07) is 14.6. The maximum absolute atomic E-state index is 11.1. The van der Waals surface area contributed by atoms with E-state index in [2.05, 4.69) is 5.32 Å².